The van der Waals surface area contributed by atoms with E-state index < -0.39 is 16.0 Å². The number of carbonyl (C=O) groups is 2. The number of anilines is 1. The Morgan fingerprint density at radius 2 is 1.63 bits per heavy atom. The van der Waals surface area contributed by atoms with E-state index in [0.717, 1.165) is 5.56 Å². The standard InChI is InChI=1S/C20H23NO5S/c1-12-6-8-17(9-7-12)27(24,25)21-20-13(2)10-19(26-16(5)23)18(15(20)4)11-14(3)22/h6-10,21H,11H2,1-5H3. The topological polar surface area (TPSA) is 89.5 Å². The van der Waals surface area contributed by atoms with Gasteiger partial charge in [0.25, 0.3) is 10.0 Å². The molecule has 0 aromatic heterocycles. The lowest BCUT2D eigenvalue weighted by Crippen LogP contribution is -2.17. The molecular weight excluding hydrogens is 366 g/mol. The monoisotopic (exact) mass is 389 g/mol. The molecule has 7 heteroatoms. The Bertz CT molecular complexity index is 992. The molecule has 0 saturated heterocycles. The van der Waals surface area contributed by atoms with Crippen molar-refractivity contribution in [2.45, 2.75) is 45.9 Å². The van der Waals surface area contributed by atoms with Gasteiger partial charge in [-0.3, -0.25) is 14.3 Å². The van der Waals surface area contributed by atoms with Crippen LogP contribution in [0, 0.1) is 20.8 Å². The first-order valence-electron chi connectivity index (χ1n) is 8.41. The third-order valence-corrected chi connectivity index (χ3v) is 5.48. The van der Waals surface area contributed by atoms with Crippen molar-refractivity contribution in [3.63, 3.8) is 0 Å². The van der Waals surface area contributed by atoms with E-state index in [0.29, 0.717) is 22.4 Å². The highest BCUT2D eigenvalue weighted by Gasteiger charge is 2.21. The molecule has 0 aliphatic heterocycles. The molecule has 0 heterocycles. The highest BCUT2D eigenvalue weighted by molar-refractivity contribution is 7.92. The molecule has 0 unspecified atom stereocenters. The number of esters is 1. The van der Waals surface area contributed by atoms with Crippen molar-refractivity contribution in [1.82, 2.24) is 0 Å². The van der Waals surface area contributed by atoms with Crippen molar-refractivity contribution in [2.24, 2.45) is 0 Å². The predicted molar refractivity (Wildman–Crippen MR) is 104 cm³/mol. The van der Waals surface area contributed by atoms with Gasteiger partial charge < -0.3 is 4.74 Å². The lowest BCUT2D eigenvalue weighted by molar-refractivity contribution is -0.132. The van der Waals surface area contributed by atoms with Gasteiger partial charge in [-0.25, -0.2) is 8.42 Å². The molecule has 1 N–H and O–H groups in total. The number of sulfonamides is 1. The van der Waals surface area contributed by atoms with E-state index in [4.69, 9.17) is 4.74 Å². The zero-order chi connectivity index (χ0) is 20.4. The zero-order valence-electron chi connectivity index (χ0n) is 16.0. The van der Waals surface area contributed by atoms with Gasteiger partial charge in [-0.15, -0.1) is 0 Å². The Kier molecular flexibility index (Phi) is 6.05. The summed E-state index contributed by atoms with van der Waals surface area (Å²) in [6, 6.07) is 8.08. The molecule has 0 radical (unpaired) electrons. The summed E-state index contributed by atoms with van der Waals surface area (Å²) in [7, 11) is -3.80. The van der Waals surface area contributed by atoms with E-state index in [9.17, 15) is 18.0 Å². The minimum Gasteiger partial charge on any atom is -0.426 e. The van der Waals surface area contributed by atoms with Crippen LogP contribution in [0.15, 0.2) is 35.2 Å². The first kappa shape index (κ1) is 20.6. The van der Waals surface area contributed by atoms with Gasteiger partial charge in [-0.1, -0.05) is 17.7 Å². The fourth-order valence-corrected chi connectivity index (χ4v) is 3.96. The average Bonchev–Trinajstić information content (AvgIpc) is 2.55. The predicted octanol–water partition coefficient (Wildman–Crippen LogP) is 3.47. The third kappa shape index (κ3) is 4.95. The van der Waals surface area contributed by atoms with E-state index in [1.165, 1.54) is 26.0 Å². The minimum absolute atomic E-state index is 0.0357. The van der Waals surface area contributed by atoms with Crippen LogP contribution in [0.4, 0.5) is 5.69 Å². The molecular formula is C20H23NO5S. The Balaban J connectivity index is 2.54. The van der Waals surface area contributed by atoms with Crippen molar-refractivity contribution in [3.05, 3.63) is 52.6 Å². The van der Waals surface area contributed by atoms with Crippen LogP contribution < -0.4 is 9.46 Å². The van der Waals surface area contributed by atoms with Gasteiger partial charge in [0, 0.05) is 18.9 Å². The Hall–Kier alpha value is -2.67. The molecule has 0 fully saturated rings. The molecule has 0 spiro atoms. The highest BCUT2D eigenvalue weighted by Crippen LogP contribution is 2.34. The molecule has 0 saturated carbocycles. The summed E-state index contributed by atoms with van der Waals surface area (Å²) < 4.78 is 33.3. The van der Waals surface area contributed by atoms with E-state index in [1.807, 2.05) is 6.92 Å². The average molecular weight is 389 g/mol. The van der Waals surface area contributed by atoms with Gasteiger partial charge in [0.1, 0.15) is 11.5 Å². The molecule has 0 aliphatic rings. The number of benzene rings is 2. The number of Topliss-reactive ketones (excluding diaryl/α,β-unsaturated/α-hetero) is 1. The van der Waals surface area contributed by atoms with Crippen molar-refractivity contribution in [1.29, 1.82) is 0 Å². The number of ether oxygens (including phenoxy) is 1. The van der Waals surface area contributed by atoms with E-state index in [1.54, 1.807) is 32.0 Å². The molecule has 2 rings (SSSR count). The van der Waals surface area contributed by atoms with Crippen molar-refractivity contribution in [2.75, 3.05) is 4.72 Å². The number of aryl methyl sites for hydroxylation is 2. The molecule has 27 heavy (non-hydrogen) atoms. The normalized spacial score (nSPS) is 11.1. The summed E-state index contributed by atoms with van der Waals surface area (Å²) in [6.07, 6.45) is 0.0357. The summed E-state index contributed by atoms with van der Waals surface area (Å²) in [4.78, 5) is 23.2. The molecule has 0 aliphatic carbocycles. The summed E-state index contributed by atoms with van der Waals surface area (Å²) in [5.74, 6) is -0.361. The van der Waals surface area contributed by atoms with Gasteiger partial charge in [0.05, 0.1) is 10.6 Å². The first-order chi connectivity index (χ1) is 12.5. The molecule has 2 aromatic rings. The zero-order valence-corrected chi connectivity index (χ0v) is 16.9. The number of rotatable bonds is 6. The van der Waals surface area contributed by atoms with Gasteiger partial charge in [0.2, 0.25) is 0 Å². The maximum absolute atomic E-state index is 12.8. The Labute approximate surface area is 159 Å². The second-order valence-corrected chi connectivity index (χ2v) is 8.24. The molecule has 2 aromatic carbocycles. The molecule has 0 atom stereocenters. The Morgan fingerprint density at radius 1 is 1.04 bits per heavy atom. The first-order valence-corrected chi connectivity index (χ1v) is 9.90. The van der Waals surface area contributed by atoms with E-state index >= 15 is 0 Å². The summed E-state index contributed by atoms with van der Waals surface area (Å²) in [5, 5.41) is 0. The van der Waals surface area contributed by atoms with Crippen molar-refractivity contribution < 1.29 is 22.7 Å². The summed E-state index contributed by atoms with van der Waals surface area (Å²) >= 11 is 0. The second-order valence-electron chi connectivity index (χ2n) is 6.56. The van der Waals surface area contributed by atoms with Crippen molar-refractivity contribution >= 4 is 27.5 Å². The fraction of sp³-hybridized carbons (Fsp3) is 0.300. The van der Waals surface area contributed by atoms with Crippen LogP contribution in [-0.2, 0) is 26.0 Å². The van der Waals surface area contributed by atoms with Crippen LogP contribution in [0.3, 0.4) is 0 Å². The highest BCUT2D eigenvalue weighted by atomic mass is 32.2. The van der Waals surface area contributed by atoms with Crippen LogP contribution in [0.2, 0.25) is 0 Å². The van der Waals surface area contributed by atoms with Crippen molar-refractivity contribution in [3.8, 4) is 5.75 Å². The summed E-state index contributed by atoms with van der Waals surface area (Å²) in [5.41, 5.74) is 2.97. The number of hydrogen-bond donors (Lipinski definition) is 1. The smallest absolute Gasteiger partial charge is 0.308 e. The number of hydrogen-bond acceptors (Lipinski definition) is 5. The van der Waals surface area contributed by atoms with Crippen LogP contribution in [-0.4, -0.2) is 20.2 Å². The molecule has 0 amide bonds. The van der Waals surface area contributed by atoms with Crippen LogP contribution in [0.5, 0.6) is 5.75 Å². The molecule has 144 valence electrons. The summed E-state index contributed by atoms with van der Waals surface area (Å²) in [6.45, 7) is 7.99. The van der Waals surface area contributed by atoms with E-state index in [-0.39, 0.29) is 22.8 Å². The maximum atomic E-state index is 12.8. The lowest BCUT2D eigenvalue weighted by atomic mass is 9.98. The van der Waals surface area contributed by atoms with Gasteiger partial charge in [0.15, 0.2) is 0 Å². The minimum atomic E-state index is -3.80. The van der Waals surface area contributed by atoms with Gasteiger partial charge in [-0.2, -0.15) is 0 Å². The number of ketones is 1. The number of carbonyl (C=O) groups excluding carboxylic acids is 2. The fourth-order valence-electron chi connectivity index (χ4n) is 2.77. The lowest BCUT2D eigenvalue weighted by Gasteiger charge is -2.19. The van der Waals surface area contributed by atoms with Crippen LogP contribution in [0.25, 0.3) is 0 Å². The maximum Gasteiger partial charge on any atom is 0.308 e. The quantitative estimate of drug-likeness (QED) is 0.603. The molecule has 0 bridgehead atoms. The van der Waals surface area contributed by atoms with Crippen LogP contribution >= 0.6 is 0 Å². The molecule has 6 nitrogen and oxygen atoms in total. The Morgan fingerprint density at radius 3 is 2.15 bits per heavy atom. The number of nitrogens with one attached hydrogen (secondary N) is 1. The van der Waals surface area contributed by atoms with Crippen LogP contribution in [0.1, 0.15) is 36.1 Å². The largest absolute Gasteiger partial charge is 0.426 e. The van der Waals surface area contributed by atoms with Gasteiger partial charge in [-0.05, 0) is 57.0 Å². The van der Waals surface area contributed by atoms with E-state index in [2.05, 4.69) is 4.72 Å². The third-order valence-electron chi connectivity index (χ3n) is 4.11. The second kappa shape index (κ2) is 7.92. The van der Waals surface area contributed by atoms with Gasteiger partial charge >= 0.3 is 5.97 Å². The SMILES string of the molecule is CC(=O)Cc1c(OC(C)=O)cc(C)c(NS(=O)(=O)c2ccc(C)cc2)c1C.